The Labute approximate surface area is 240 Å². The molecule has 0 saturated heterocycles. The molecule has 0 aliphatic rings. The second kappa shape index (κ2) is 34.7. The Balaban J connectivity index is 3.14. The Kier molecular flexibility index (Phi) is 34.3. The topological polar surface area (TPSA) is 37.3 Å². The van der Waals surface area contributed by atoms with Gasteiger partial charge >= 0.3 is 0 Å². The van der Waals surface area contributed by atoms with Gasteiger partial charge in [0.25, 0.3) is 0 Å². The molecule has 0 unspecified atom stereocenters. The fourth-order valence-corrected chi connectivity index (χ4v) is 5.73. The van der Waals surface area contributed by atoms with Gasteiger partial charge in [0.1, 0.15) is 5.78 Å². The molecule has 228 valence electrons. The maximum Gasteiger partial charge on any atom is 0.132 e. The number of ketones is 1. The number of aliphatic hydroxyl groups is 1. The average Bonchev–Trinajstić information content (AvgIpc) is 2.92. The standard InChI is InChI=1S/C36H72O2/c1-2-3-4-5-6-7-8-9-10-11-12-15-18-21-24-27-30-33-36(38)34-31-28-25-22-19-16-13-14-17-20-23-26-29-32-35-37/h37H,2-35H2,1H3. The van der Waals surface area contributed by atoms with Crippen LogP contribution in [0, 0.1) is 0 Å². The summed E-state index contributed by atoms with van der Waals surface area (Å²) in [6.45, 7) is 2.65. The van der Waals surface area contributed by atoms with Crippen LogP contribution < -0.4 is 0 Å². The van der Waals surface area contributed by atoms with E-state index >= 15 is 0 Å². The number of carbonyl (C=O) groups excluding carboxylic acids is 1. The molecule has 2 heteroatoms. The van der Waals surface area contributed by atoms with E-state index in [1.54, 1.807) is 0 Å². The molecule has 0 bridgehead atoms. The smallest absolute Gasteiger partial charge is 0.132 e. The van der Waals surface area contributed by atoms with Crippen molar-refractivity contribution in [2.45, 2.75) is 219 Å². The van der Waals surface area contributed by atoms with E-state index in [-0.39, 0.29) is 0 Å². The lowest BCUT2D eigenvalue weighted by Gasteiger charge is -2.04. The summed E-state index contributed by atoms with van der Waals surface area (Å²) in [7, 11) is 0. The Morgan fingerprint density at radius 1 is 0.342 bits per heavy atom. The van der Waals surface area contributed by atoms with E-state index < -0.39 is 0 Å². The van der Waals surface area contributed by atoms with Gasteiger partial charge in [0.15, 0.2) is 0 Å². The van der Waals surface area contributed by atoms with Crippen molar-refractivity contribution in [2.24, 2.45) is 0 Å². The SMILES string of the molecule is CCCCCCCCCCCCCCCCCCCC(=O)CCCCCCCCCCCCCCCCO. The first-order valence-corrected chi connectivity index (χ1v) is 17.9. The highest BCUT2D eigenvalue weighted by molar-refractivity contribution is 5.78. The number of Topliss-reactive ketones (excluding diaryl/α,β-unsaturated/α-hetero) is 1. The normalized spacial score (nSPS) is 11.4. The predicted molar refractivity (Wildman–Crippen MR) is 170 cm³/mol. The van der Waals surface area contributed by atoms with Crippen molar-refractivity contribution in [1.82, 2.24) is 0 Å². The average molecular weight is 537 g/mol. The summed E-state index contributed by atoms with van der Waals surface area (Å²) in [4.78, 5) is 12.1. The van der Waals surface area contributed by atoms with E-state index in [2.05, 4.69) is 6.92 Å². The number of unbranched alkanes of at least 4 members (excludes halogenated alkanes) is 29. The molecule has 2 nitrogen and oxygen atoms in total. The summed E-state index contributed by atoms with van der Waals surface area (Å²) >= 11 is 0. The molecule has 0 aromatic rings. The van der Waals surface area contributed by atoms with E-state index in [1.807, 2.05) is 0 Å². The third kappa shape index (κ3) is 33.7. The van der Waals surface area contributed by atoms with Gasteiger partial charge in [-0.3, -0.25) is 4.79 Å². The zero-order chi connectivity index (χ0) is 27.6. The maximum absolute atomic E-state index is 12.1. The van der Waals surface area contributed by atoms with Crippen LogP contribution in [0.15, 0.2) is 0 Å². The number of rotatable bonds is 34. The third-order valence-corrected chi connectivity index (χ3v) is 8.42. The van der Waals surface area contributed by atoms with Crippen LogP contribution in [-0.4, -0.2) is 17.5 Å². The summed E-state index contributed by atoms with van der Waals surface area (Å²) < 4.78 is 0. The van der Waals surface area contributed by atoms with Gasteiger partial charge in [0.05, 0.1) is 0 Å². The van der Waals surface area contributed by atoms with Crippen LogP contribution in [0.3, 0.4) is 0 Å². The van der Waals surface area contributed by atoms with Crippen LogP contribution >= 0.6 is 0 Å². The quantitative estimate of drug-likeness (QED) is 0.0830. The molecule has 0 fully saturated rings. The van der Waals surface area contributed by atoms with Crippen molar-refractivity contribution in [1.29, 1.82) is 0 Å². The molecular weight excluding hydrogens is 464 g/mol. The number of carbonyl (C=O) groups is 1. The molecule has 1 N–H and O–H groups in total. The second-order valence-corrected chi connectivity index (χ2v) is 12.4. The van der Waals surface area contributed by atoms with Crippen LogP contribution in [-0.2, 0) is 4.79 Å². The molecule has 0 aliphatic carbocycles. The van der Waals surface area contributed by atoms with Crippen molar-refractivity contribution in [3.8, 4) is 0 Å². The summed E-state index contributed by atoms with van der Waals surface area (Å²) in [5, 5.41) is 8.78. The second-order valence-electron chi connectivity index (χ2n) is 12.4. The first kappa shape index (κ1) is 37.6. The fourth-order valence-electron chi connectivity index (χ4n) is 5.73. The zero-order valence-corrected chi connectivity index (χ0v) is 26.4. The summed E-state index contributed by atoms with van der Waals surface area (Å²) in [6.07, 6.45) is 43.6. The van der Waals surface area contributed by atoms with Gasteiger partial charge in [-0.15, -0.1) is 0 Å². The van der Waals surface area contributed by atoms with Gasteiger partial charge in [-0.1, -0.05) is 187 Å². The van der Waals surface area contributed by atoms with Gasteiger partial charge in [-0.2, -0.15) is 0 Å². The van der Waals surface area contributed by atoms with E-state index in [4.69, 9.17) is 5.11 Å². The molecule has 0 saturated carbocycles. The van der Waals surface area contributed by atoms with Crippen LogP contribution in [0.25, 0.3) is 0 Å². The molecule has 0 aliphatic heterocycles. The monoisotopic (exact) mass is 537 g/mol. The number of hydrogen-bond acceptors (Lipinski definition) is 2. The first-order chi connectivity index (χ1) is 18.8. The maximum atomic E-state index is 12.1. The Morgan fingerprint density at radius 2 is 0.553 bits per heavy atom. The van der Waals surface area contributed by atoms with E-state index in [9.17, 15) is 4.79 Å². The molecular formula is C36H72O2. The van der Waals surface area contributed by atoms with Crippen LogP contribution in [0.1, 0.15) is 219 Å². The highest BCUT2D eigenvalue weighted by Crippen LogP contribution is 2.16. The predicted octanol–water partition coefficient (Wildman–Crippen LogP) is 12.4. The molecule has 0 aromatic carbocycles. The highest BCUT2D eigenvalue weighted by atomic mass is 16.2. The molecule has 0 amide bonds. The highest BCUT2D eigenvalue weighted by Gasteiger charge is 2.02. The molecule has 0 radical (unpaired) electrons. The molecule has 38 heavy (non-hydrogen) atoms. The van der Waals surface area contributed by atoms with Gasteiger partial charge in [-0.05, 0) is 19.3 Å². The minimum Gasteiger partial charge on any atom is -0.396 e. The van der Waals surface area contributed by atoms with Crippen molar-refractivity contribution in [2.75, 3.05) is 6.61 Å². The largest absolute Gasteiger partial charge is 0.396 e. The molecule has 0 atom stereocenters. The van der Waals surface area contributed by atoms with Crippen LogP contribution in [0.5, 0.6) is 0 Å². The van der Waals surface area contributed by atoms with Crippen LogP contribution in [0.4, 0.5) is 0 Å². The van der Waals surface area contributed by atoms with Crippen LogP contribution in [0.2, 0.25) is 0 Å². The molecule has 0 aromatic heterocycles. The van der Waals surface area contributed by atoms with Gasteiger partial charge in [0, 0.05) is 19.4 Å². The molecule has 0 spiro atoms. The Morgan fingerprint density at radius 3 is 0.789 bits per heavy atom. The summed E-state index contributed by atoms with van der Waals surface area (Å²) in [6, 6.07) is 0. The van der Waals surface area contributed by atoms with Gasteiger partial charge in [-0.25, -0.2) is 0 Å². The summed E-state index contributed by atoms with van der Waals surface area (Å²) in [5.74, 6) is 0.516. The molecule has 0 heterocycles. The van der Waals surface area contributed by atoms with E-state index in [0.29, 0.717) is 12.4 Å². The third-order valence-electron chi connectivity index (χ3n) is 8.42. The Hall–Kier alpha value is -0.370. The van der Waals surface area contributed by atoms with Crippen molar-refractivity contribution in [3.05, 3.63) is 0 Å². The fraction of sp³-hybridized carbons (Fsp3) is 0.972. The minimum absolute atomic E-state index is 0.357. The lowest BCUT2D eigenvalue weighted by molar-refractivity contribution is -0.119. The van der Waals surface area contributed by atoms with Crippen molar-refractivity contribution in [3.63, 3.8) is 0 Å². The number of hydrogen-bond donors (Lipinski definition) is 1. The minimum atomic E-state index is 0.357. The lowest BCUT2D eigenvalue weighted by Crippen LogP contribution is -1.97. The van der Waals surface area contributed by atoms with E-state index in [1.165, 1.54) is 180 Å². The van der Waals surface area contributed by atoms with Crippen molar-refractivity contribution < 1.29 is 9.90 Å². The number of aliphatic hydroxyl groups excluding tert-OH is 1. The van der Waals surface area contributed by atoms with Crippen molar-refractivity contribution >= 4 is 5.78 Å². The summed E-state index contributed by atoms with van der Waals surface area (Å²) in [5.41, 5.74) is 0. The van der Waals surface area contributed by atoms with Gasteiger partial charge in [0.2, 0.25) is 0 Å². The van der Waals surface area contributed by atoms with Gasteiger partial charge < -0.3 is 5.11 Å². The Bertz CT molecular complexity index is 433. The molecule has 0 rings (SSSR count). The lowest BCUT2D eigenvalue weighted by atomic mass is 10.0. The zero-order valence-electron chi connectivity index (χ0n) is 26.4. The first-order valence-electron chi connectivity index (χ1n) is 17.9. The van der Waals surface area contributed by atoms with E-state index in [0.717, 1.165) is 32.1 Å².